The second-order valence-corrected chi connectivity index (χ2v) is 1.72. The van der Waals surface area contributed by atoms with E-state index in [-0.39, 0.29) is 6.61 Å². The average Bonchev–Trinajstić information content (AvgIpc) is 1.68. The lowest BCUT2D eigenvalue weighted by atomic mass is 10.2. The van der Waals surface area contributed by atoms with Crippen molar-refractivity contribution in [3.63, 3.8) is 0 Å². The van der Waals surface area contributed by atoms with Gasteiger partial charge in [-0.15, -0.1) is 0 Å². The van der Waals surface area contributed by atoms with E-state index in [0.717, 1.165) is 6.42 Å². The summed E-state index contributed by atoms with van der Waals surface area (Å²) in [6, 6.07) is 0. The third-order valence-corrected chi connectivity index (χ3v) is 0.909. The van der Waals surface area contributed by atoms with Gasteiger partial charge in [-0.05, 0) is 13.3 Å². The Hall–Kier alpha value is -0.560. The molecule has 0 amide bonds. The van der Waals surface area contributed by atoms with Crippen LogP contribution in [0.25, 0.3) is 0 Å². The highest BCUT2D eigenvalue weighted by atomic mass is 16.2. The van der Waals surface area contributed by atoms with Crippen molar-refractivity contribution in [2.75, 3.05) is 6.61 Å². The van der Waals surface area contributed by atoms with Crippen LogP contribution in [0.2, 0.25) is 0 Å². The van der Waals surface area contributed by atoms with Crippen molar-refractivity contribution in [2.45, 2.75) is 13.3 Å². The molecule has 1 N–H and O–H groups in total. The van der Waals surface area contributed by atoms with E-state index < -0.39 is 0 Å². The van der Waals surface area contributed by atoms with Crippen LogP contribution in [0.15, 0.2) is 24.3 Å². The minimum atomic E-state index is 0.232. The fourth-order valence-corrected chi connectivity index (χ4v) is 0.461. The minimum Gasteiger partial charge on any atom is -0.396 e. The number of aliphatic hydroxyl groups excluding tert-OH is 1. The van der Waals surface area contributed by atoms with Gasteiger partial charge in [-0.1, -0.05) is 24.3 Å². The molecule has 0 aliphatic carbocycles. The van der Waals surface area contributed by atoms with Crippen molar-refractivity contribution in [1.29, 1.82) is 0 Å². The van der Waals surface area contributed by atoms with Crippen LogP contribution in [0.5, 0.6) is 0 Å². The van der Waals surface area contributed by atoms with E-state index in [4.69, 9.17) is 5.11 Å². The van der Waals surface area contributed by atoms with Gasteiger partial charge >= 0.3 is 0 Å². The zero-order valence-corrected chi connectivity index (χ0v) is 5.22. The molecule has 0 bridgehead atoms. The number of allylic oxidation sites excluding steroid dienone is 2. The Morgan fingerprint density at radius 1 is 1.75 bits per heavy atom. The summed E-state index contributed by atoms with van der Waals surface area (Å²) in [5, 5.41) is 8.39. The van der Waals surface area contributed by atoms with Gasteiger partial charge in [0.05, 0.1) is 0 Å². The lowest BCUT2D eigenvalue weighted by Crippen LogP contribution is -1.81. The van der Waals surface area contributed by atoms with E-state index in [1.165, 1.54) is 5.57 Å². The highest BCUT2D eigenvalue weighted by Gasteiger charge is 1.81. The molecule has 0 atom stereocenters. The molecular formula is C7H12O. The molecule has 0 aromatic carbocycles. The molecule has 0 saturated carbocycles. The highest BCUT2D eigenvalue weighted by Crippen LogP contribution is 1.96. The first-order valence-electron chi connectivity index (χ1n) is 2.70. The fraction of sp³-hybridized carbons (Fsp3) is 0.429. The molecule has 0 spiro atoms. The van der Waals surface area contributed by atoms with E-state index >= 15 is 0 Å². The normalized spacial score (nSPS) is 11.5. The third-order valence-electron chi connectivity index (χ3n) is 0.909. The van der Waals surface area contributed by atoms with Crippen LogP contribution in [0.4, 0.5) is 0 Å². The summed E-state index contributed by atoms with van der Waals surface area (Å²) in [6.07, 6.45) is 4.38. The second kappa shape index (κ2) is 4.60. The van der Waals surface area contributed by atoms with E-state index in [1.54, 1.807) is 6.08 Å². The molecule has 0 rings (SSSR count). The van der Waals surface area contributed by atoms with Crippen LogP contribution in [-0.4, -0.2) is 11.7 Å². The fourth-order valence-electron chi connectivity index (χ4n) is 0.461. The zero-order valence-electron chi connectivity index (χ0n) is 5.22. The van der Waals surface area contributed by atoms with Gasteiger partial charge < -0.3 is 5.11 Å². The molecule has 0 aliphatic heterocycles. The van der Waals surface area contributed by atoms with Crippen LogP contribution in [0, 0.1) is 0 Å². The number of aliphatic hydroxyl groups is 1. The first-order chi connectivity index (χ1) is 3.81. The van der Waals surface area contributed by atoms with Gasteiger partial charge in [-0.3, -0.25) is 0 Å². The van der Waals surface area contributed by atoms with Crippen molar-refractivity contribution < 1.29 is 5.11 Å². The monoisotopic (exact) mass is 112 g/mol. The Kier molecular flexibility index (Phi) is 4.27. The number of rotatable bonds is 3. The van der Waals surface area contributed by atoms with Crippen molar-refractivity contribution in [2.24, 2.45) is 0 Å². The zero-order chi connectivity index (χ0) is 6.41. The van der Waals surface area contributed by atoms with Gasteiger partial charge in [0, 0.05) is 6.61 Å². The summed E-state index contributed by atoms with van der Waals surface area (Å²) in [7, 11) is 0. The molecule has 0 radical (unpaired) electrons. The topological polar surface area (TPSA) is 20.2 Å². The SMILES string of the molecule is C=CC=C(C)CCO. The minimum absolute atomic E-state index is 0.232. The smallest absolute Gasteiger partial charge is 0.0468 e. The lowest BCUT2D eigenvalue weighted by Gasteiger charge is -1.91. The van der Waals surface area contributed by atoms with Gasteiger partial charge in [-0.2, -0.15) is 0 Å². The van der Waals surface area contributed by atoms with Gasteiger partial charge in [-0.25, -0.2) is 0 Å². The lowest BCUT2D eigenvalue weighted by molar-refractivity contribution is 0.299. The molecule has 46 valence electrons. The van der Waals surface area contributed by atoms with E-state index in [1.807, 2.05) is 13.0 Å². The van der Waals surface area contributed by atoms with Crippen LogP contribution in [0.3, 0.4) is 0 Å². The van der Waals surface area contributed by atoms with E-state index in [9.17, 15) is 0 Å². The molecule has 1 heteroatoms. The van der Waals surface area contributed by atoms with Gasteiger partial charge in [0.25, 0.3) is 0 Å². The Balaban J connectivity index is 3.44. The van der Waals surface area contributed by atoms with Crippen molar-refractivity contribution in [3.05, 3.63) is 24.3 Å². The molecule has 0 heterocycles. The molecule has 1 nitrogen and oxygen atoms in total. The average molecular weight is 112 g/mol. The van der Waals surface area contributed by atoms with Gasteiger partial charge in [0.2, 0.25) is 0 Å². The van der Waals surface area contributed by atoms with Crippen molar-refractivity contribution in [1.82, 2.24) is 0 Å². The standard InChI is InChI=1S/C7H12O/c1-3-4-7(2)5-6-8/h3-4,8H,1,5-6H2,2H3. The first-order valence-corrected chi connectivity index (χ1v) is 2.70. The summed E-state index contributed by atoms with van der Waals surface area (Å²) in [4.78, 5) is 0. The van der Waals surface area contributed by atoms with Gasteiger partial charge in [0.15, 0.2) is 0 Å². The molecule has 0 aromatic heterocycles. The Morgan fingerprint density at radius 2 is 2.38 bits per heavy atom. The predicted molar refractivity (Wildman–Crippen MR) is 35.7 cm³/mol. The van der Waals surface area contributed by atoms with Crippen LogP contribution in [0.1, 0.15) is 13.3 Å². The molecule has 0 fully saturated rings. The molecule has 0 aromatic rings. The second-order valence-electron chi connectivity index (χ2n) is 1.72. The highest BCUT2D eigenvalue weighted by molar-refractivity contribution is 5.07. The largest absolute Gasteiger partial charge is 0.396 e. The summed E-state index contributed by atoms with van der Waals surface area (Å²) in [5.41, 5.74) is 1.17. The summed E-state index contributed by atoms with van der Waals surface area (Å²) in [5.74, 6) is 0. The number of hydrogen-bond donors (Lipinski definition) is 1. The third kappa shape index (κ3) is 3.62. The van der Waals surface area contributed by atoms with Crippen LogP contribution >= 0.6 is 0 Å². The van der Waals surface area contributed by atoms with Crippen LogP contribution < -0.4 is 0 Å². The van der Waals surface area contributed by atoms with Crippen LogP contribution in [-0.2, 0) is 0 Å². The summed E-state index contributed by atoms with van der Waals surface area (Å²) in [6.45, 7) is 5.73. The first kappa shape index (κ1) is 7.44. The van der Waals surface area contributed by atoms with E-state index in [2.05, 4.69) is 6.58 Å². The summed E-state index contributed by atoms with van der Waals surface area (Å²) < 4.78 is 0. The maximum atomic E-state index is 8.39. The van der Waals surface area contributed by atoms with Gasteiger partial charge in [0.1, 0.15) is 0 Å². The molecule has 0 saturated heterocycles. The Labute approximate surface area is 50.3 Å². The predicted octanol–water partition coefficient (Wildman–Crippen LogP) is 1.50. The Bertz CT molecular complexity index is 92.6. The maximum Gasteiger partial charge on any atom is 0.0468 e. The molecule has 0 unspecified atom stereocenters. The number of hydrogen-bond acceptors (Lipinski definition) is 1. The molecule has 0 aliphatic rings. The summed E-state index contributed by atoms with van der Waals surface area (Å²) >= 11 is 0. The molecular weight excluding hydrogens is 100 g/mol. The molecule has 8 heavy (non-hydrogen) atoms. The van der Waals surface area contributed by atoms with Crippen molar-refractivity contribution >= 4 is 0 Å². The Morgan fingerprint density at radius 3 is 2.75 bits per heavy atom. The van der Waals surface area contributed by atoms with E-state index in [0.29, 0.717) is 0 Å². The van der Waals surface area contributed by atoms with Crippen molar-refractivity contribution in [3.8, 4) is 0 Å². The maximum absolute atomic E-state index is 8.39. The quantitative estimate of drug-likeness (QED) is 0.548.